The number of methoxy groups -OCH3 is 4. The molecule has 0 amide bonds. The Hall–Kier alpha value is -6.58. The highest BCUT2D eigenvalue weighted by Gasteiger charge is 2.31. The lowest BCUT2D eigenvalue weighted by atomic mass is 9.87. The maximum absolute atomic E-state index is 10.8. The molecule has 19 nitrogen and oxygen atoms in total. The summed E-state index contributed by atoms with van der Waals surface area (Å²) in [5, 5.41) is 59.0. The summed E-state index contributed by atoms with van der Waals surface area (Å²) in [5.41, 5.74) is 12.8. The van der Waals surface area contributed by atoms with E-state index in [0.29, 0.717) is 42.8 Å². The minimum atomic E-state index is -0.498. The first-order valence-electron chi connectivity index (χ1n) is 24.2. The summed E-state index contributed by atoms with van der Waals surface area (Å²) in [5.74, 6) is 2.98. The molecular formula is C55H79N9O10. The number of anilines is 3. The summed E-state index contributed by atoms with van der Waals surface area (Å²) in [4.78, 5) is 21.2. The standard InChI is InChI=1S/C27H31N5O4.C13H18N2O4.C13H20N2O2.2CH4.H2/c1-35-25-6-4-3-5-21(25)23-10-8-19-16-28-27(30-32(19)23)29-22-9-7-18(15-26(22)36-2)20-11-12-31(13-14-33)17-24(20)34;1-14-6-5-10(12(16)8-14)9-3-4-11(15(17)18)13(7-9)19-2;1-15-6-5-10(12(16)8-15)9-3-4-11(14)13(7-9)17-2;;;/h3-10,15-16,20,24,33-34H,11-14,17H2,1-2H3,(H,29,30);3-4,7,10,12,16H,5-6,8H2,1-2H3;3-4,7,10,12,16H,5-6,8,14H2,1-2H3;2*1H4;1H/t20-,24+;2*10-,12+;;;/m111.../s1. The molecule has 3 aliphatic rings. The van der Waals surface area contributed by atoms with Crippen LogP contribution in [-0.4, -0.2) is 168 Å². The maximum atomic E-state index is 10.8. The molecule has 0 unspecified atom stereocenters. The second-order valence-corrected chi connectivity index (χ2v) is 18.5. The van der Waals surface area contributed by atoms with E-state index in [4.69, 9.17) is 29.8 Å². The van der Waals surface area contributed by atoms with E-state index < -0.39 is 17.1 Å². The van der Waals surface area contributed by atoms with Crippen molar-refractivity contribution in [1.29, 1.82) is 0 Å². The van der Waals surface area contributed by atoms with Gasteiger partial charge in [0.1, 0.15) is 17.2 Å². The van der Waals surface area contributed by atoms with Gasteiger partial charge in [-0.2, -0.15) is 0 Å². The van der Waals surface area contributed by atoms with Gasteiger partial charge in [0, 0.05) is 57.0 Å². The van der Waals surface area contributed by atoms with Gasteiger partial charge in [0.05, 0.1) is 87.1 Å². The number of benzene rings is 4. The van der Waals surface area contributed by atoms with Crippen LogP contribution in [0.1, 0.15) is 70.0 Å². The molecule has 5 heterocycles. The highest BCUT2D eigenvalue weighted by molar-refractivity contribution is 5.72. The Kier molecular flexibility index (Phi) is 21.4. The van der Waals surface area contributed by atoms with Crippen LogP contribution in [-0.2, 0) is 0 Å². The Morgan fingerprint density at radius 3 is 1.81 bits per heavy atom. The Labute approximate surface area is 436 Å². The molecule has 9 rings (SSSR count). The Bertz CT molecular complexity index is 2750. The molecule has 3 saturated heterocycles. The summed E-state index contributed by atoms with van der Waals surface area (Å²) in [6.45, 7) is 5.32. The average molecular weight is 1030 g/mol. The molecule has 4 aromatic carbocycles. The van der Waals surface area contributed by atoms with Gasteiger partial charge in [-0.1, -0.05) is 45.2 Å². The fraction of sp³-hybridized carbons (Fsp3) is 0.455. The van der Waals surface area contributed by atoms with Crippen LogP contribution in [0.15, 0.2) is 97.2 Å². The summed E-state index contributed by atoms with van der Waals surface area (Å²) in [7, 11) is 10.3. The van der Waals surface area contributed by atoms with Crippen molar-refractivity contribution in [3.63, 3.8) is 0 Å². The number of nitrogen functional groups attached to an aromatic ring is 1. The topological polar surface area (TPSA) is 239 Å². The number of rotatable bonds is 13. The van der Waals surface area contributed by atoms with Crippen molar-refractivity contribution in [3.8, 4) is 34.3 Å². The van der Waals surface area contributed by atoms with Gasteiger partial charge in [-0.15, -0.1) is 5.10 Å². The summed E-state index contributed by atoms with van der Waals surface area (Å²) in [6.07, 6.45) is 3.11. The minimum absolute atomic E-state index is 0. The molecule has 0 bridgehead atoms. The predicted molar refractivity (Wildman–Crippen MR) is 292 cm³/mol. The van der Waals surface area contributed by atoms with Crippen LogP contribution in [0, 0.1) is 10.1 Å². The van der Waals surface area contributed by atoms with Crippen LogP contribution in [0.3, 0.4) is 0 Å². The zero-order valence-corrected chi connectivity index (χ0v) is 41.9. The van der Waals surface area contributed by atoms with E-state index in [-0.39, 0.29) is 58.2 Å². The number of aromatic nitrogens is 3. The molecule has 3 fully saturated rings. The number of hydrogen-bond acceptors (Lipinski definition) is 17. The number of nitro benzene ring substituents is 1. The van der Waals surface area contributed by atoms with E-state index in [1.54, 1.807) is 39.7 Å². The summed E-state index contributed by atoms with van der Waals surface area (Å²) >= 11 is 0. The van der Waals surface area contributed by atoms with Crippen molar-refractivity contribution in [1.82, 2.24) is 29.3 Å². The number of aliphatic hydroxyl groups is 4. The third-order valence-corrected chi connectivity index (χ3v) is 13.8. The van der Waals surface area contributed by atoms with Gasteiger partial charge in [0.25, 0.3) is 0 Å². The number of β-amino-alcohol motifs (C(OH)–C–C–N with tert-alkyl or cyclic N) is 4. The van der Waals surface area contributed by atoms with Crippen LogP contribution >= 0.6 is 0 Å². The van der Waals surface area contributed by atoms with Crippen LogP contribution in [0.25, 0.3) is 16.8 Å². The number of nitro groups is 1. The number of nitrogens with one attached hydrogen (secondary N) is 1. The van der Waals surface area contributed by atoms with Crippen molar-refractivity contribution < 1.29 is 45.7 Å². The van der Waals surface area contributed by atoms with Gasteiger partial charge in [-0.25, -0.2) is 9.50 Å². The Balaban J connectivity index is 0.000000264. The number of hydrogen-bond donors (Lipinski definition) is 6. The van der Waals surface area contributed by atoms with Crippen LogP contribution in [0.5, 0.6) is 23.0 Å². The van der Waals surface area contributed by atoms with E-state index in [1.165, 1.54) is 13.2 Å². The number of piperidine rings is 3. The fourth-order valence-electron chi connectivity index (χ4n) is 9.90. The van der Waals surface area contributed by atoms with E-state index >= 15 is 0 Å². The lowest BCUT2D eigenvalue weighted by molar-refractivity contribution is -0.385. The molecule has 0 saturated carbocycles. The van der Waals surface area contributed by atoms with Crippen LogP contribution in [0.2, 0.25) is 0 Å². The SMILES string of the molecule is C.C.COc1cc([C@H]2CCN(C)C[C@@H]2O)ccc1N.COc1cc([C@H]2CCN(C)C[C@@H]2O)ccc1[N+](=O)[O-].COc1cc([C@H]2CCN(CCO)C[C@@H]2O)ccc1Nc1ncc2ccc(-c3ccccc3OC)n2n1.[HH]. The summed E-state index contributed by atoms with van der Waals surface area (Å²) < 4.78 is 23.3. The van der Waals surface area contributed by atoms with Gasteiger partial charge in [0.2, 0.25) is 5.95 Å². The predicted octanol–water partition coefficient (Wildman–Crippen LogP) is 7.26. The second-order valence-electron chi connectivity index (χ2n) is 18.5. The zero-order valence-electron chi connectivity index (χ0n) is 41.9. The fourth-order valence-corrected chi connectivity index (χ4v) is 9.90. The molecular weight excluding hydrogens is 947 g/mol. The summed E-state index contributed by atoms with van der Waals surface area (Å²) in [6, 6.07) is 28.3. The first-order chi connectivity index (χ1) is 34.7. The van der Waals surface area contributed by atoms with Gasteiger partial charge < -0.3 is 60.2 Å². The molecule has 3 aliphatic heterocycles. The third-order valence-electron chi connectivity index (χ3n) is 13.8. The van der Waals surface area contributed by atoms with Crippen molar-refractivity contribution >= 4 is 28.5 Å². The Morgan fingerprint density at radius 1 is 0.703 bits per heavy atom. The largest absolute Gasteiger partial charge is 0.496 e. The van der Waals surface area contributed by atoms with Gasteiger partial charge >= 0.3 is 5.69 Å². The number of nitrogens with two attached hydrogens (primary N) is 1. The highest BCUT2D eigenvalue weighted by Crippen LogP contribution is 2.38. The van der Waals surface area contributed by atoms with Crippen LogP contribution in [0.4, 0.5) is 23.0 Å². The van der Waals surface area contributed by atoms with Gasteiger partial charge in [-0.05, 0) is 124 Å². The van der Waals surface area contributed by atoms with E-state index in [0.717, 1.165) is 90.3 Å². The van der Waals surface area contributed by atoms with E-state index in [9.17, 15) is 30.5 Å². The number of ether oxygens (including phenoxy) is 4. The highest BCUT2D eigenvalue weighted by atomic mass is 16.6. The smallest absolute Gasteiger partial charge is 0.310 e. The molecule has 19 heteroatoms. The number of likely N-dealkylation sites (N-methyl/N-ethyl adjacent to an activating group) is 2. The lowest BCUT2D eigenvalue weighted by Gasteiger charge is -2.36. The Morgan fingerprint density at radius 2 is 1.24 bits per heavy atom. The normalized spacial score (nSPS) is 21.1. The minimum Gasteiger partial charge on any atom is -0.496 e. The quantitative estimate of drug-likeness (QED) is 0.0379. The van der Waals surface area contributed by atoms with Crippen molar-refractivity contribution in [2.75, 3.05) is 106 Å². The molecule has 6 atom stereocenters. The van der Waals surface area contributed by atoms with Crippen molar-refractivity contribution in [2.24, 2.45) is 0 Å². The molecule has 2 aromatic heterocycles. The monoisotopic (exact) mass is 1030 g/mol. The number of nitrogens with zero attached hydrogens (tertiary/aromatic N) is 7. The molecule has 0 spiro atoms. The lowest BCUT2D eigenvalue weighted by Crippen LogP contribution is -2.43. The second kappa shape index (κ2) is 27.1. The zero-order chi connectivity index (χ0) is 51.5. The number of para-hydroxylation sites is 1. The molecule has 74 heavy (non-hydrogen) atoms. The molecule has 0 radical (unpaired) electrons. The van der Waals surface area contributed by atoms with E-state index in [1.807, 2.05) is 91.4 Å². The number of likely N-dealkylation sites (tertiary alicyclic amines) is 3. The first kappa shape index (κ1) is 58.3. The first-order valence-corrected chi connectivity index (χ1v) is 24.2. The van der Waals surface area contributed by atoms with Crippen molar-refractivity contribution in [3.05, 3.63) is 124 Å². The maximum Gasteiger partial charge on any atom is 0.310 e. The number of fused-ring (bicyclic) bond motifs is 1. The molecule has 6 aromatic rings. The van der Waals surface area contributed by atoms with E-state index in [2.05, 4.69) is 25.0 Å². The average Bonchev–Trinajstić information content (AvgIpc) is 3.80. The molecule has 7 N–H and O–H groups in total. The molecule has 404 valence electrons. The van der Waals surface area contributed by atoms with Gasteiger partial charge in [0.15, 0.2) is 5.75 Å². The third kappa shape index (κ3) is 14.0. The number of aliphatic hydroxyl groups excluding tert-OH is 4. The molecule has 0 aliphatic carbocycles. The van der Waals surface area contributed by atoms with Crippen LogP contribution < -0.4 is 30.0 Å². The van der Waals surface area contributed by atoms with Crippen molar-refractivity contribution in [2.45, 2.75) is 70.2 Å². The van der Waals surface area contributed by atoms with Gasteiger partial charge in [-0.3, -0.25) is 15.0 Å².